The first-order chi connectivity index (χ1) is 20.2. The predicted molar refractivity (Wildman–Crippen MR) is 154 cm³/mol. The first kappa shape index (κ1) is 27.1. The fourth-order valence-corrected chi connectivity index (χ4v) is 4.83. The summed E-state index contributed by atoms with van der Waals surface area (Å²) in [5, 5.41) is 11.3. The van der Waals surface area contributed by atoms with Crippen molar-refractivity contribution in [3.8, 4) is 11.5 Å². The van der Waals surface area contributed by atoms with E-state index in [0.29, 0.717) is 35.3 Å². The van der Waals surface area contributed by atoms with Gasteiger partial charge < -0.3 is 15.0 Å². The maximum atomic E-state index is 15.2. The van der Waals surface area contributed by atoms with E-state index in [1.54, 1.807) is 40.9 Å². The quantitative estimate of drug-likeness (QED) is 0.280. The van der Waals surface area contributed by atoms with Crippen LogP contribution in [0.5, 0.6) is 11.5 Å². The zero-order chi connectivity index (χ0) is 29.5. The van der Waals surface area contributed by atoms with Crippen LogP contribution in [0.25, 0.3) is 21.9 Å². The molecule has 0 unspecified atom stereocenters. The van der Waals surface area contributed by atoms with E-state index in [-0.39, 0.29) is 34.8 Å². The molecule has 3 aromatic heterocycles. The highest BCUT2D eigenvalue weighted by Crippen LogP contribution is 2.34. The van der Waals surface area contributed by atoms with Crippen LogP contribution in [0, 0.1) is 17.6 Å². The Morgan fingerprint density at radius 1 is 1.10 bits per heavy atom. The molecular formula is C29H27F2N9O2. The van der Waals surface area contributed by atoms with Gasteiger partial charge in [-0.05, 0) is 32.3 Å². The number of hydrogen-bond donors (Lipinski definition) is 1. The summed E-state index contributed by atoms with van der Waals surface area (Å²) in [4.78, 5) is 29.7. The molecule has 1 saturated heterocycles. The average molecular weight is 572 g/mol. The molecule has 6 rings (SSSR count). The number of nitrogens with zero attached hydrogens (tertiary/aromatic N) is 8. The topological polar surface area (TPSA) is 114 Å². The number of nitrogens with one attached hydrogen (secondary N) is 1. The van der Waals surface area contributed by atoms with Gasteiger partial charge in [-0.2, -0.15) is 0 Å². The van der Waals surface area contributed by atoms with E-state index in [1.165, 1.54) is 12.5 Å². The van der Waals surface area contributed by atoms with Crippen LogP contribution < -0.4 is 15.0 Å². The molecule has 0 spiro atoms. The van der Waals surface area contributed by atoms with E-state index in [0.717, 1.165) is 23.2 Å². The minimum atomic E-state index is -0.785. The van der Waals surface area contributed by atoms with Crippen LogP contribution in [0.15, 0.2) is 60.6 Å². The molecule has 0 radical (unpaired) electrons. The summed E-state index contributed by atoms with van der Waals surface area (Å²) in [5.41, 5.74) is 2.38. The summed E-state index contributed by atoms with van der Waals surface area (Å²) in [6.45, 7) is 3.11. The summed E-state index contributed by atoms with van der Waals surface area (Å²) in [5.74, 6) is -0.994. The van der Waals surface area contributed by atoms with E-state index >= 15 is 8.78 Å². The summed E-state index contributed by atoms with van der Waals surface area (Å²) in [7, 11) is 5.63. The van der Waals surface area contributed by atoms with E-state index < -0.39 is 11.6 Å². The number of aromatic nitrogens is 6. The maximum Gasteiger partial charge on any atom is 0.255 e. The van der Waals surface area contributed by atoms with Crippen molar-refractivity contribution in [3.63, 3.8) is 0 Å². The van der Waals surface area contributed by atoms with Gasteiger partial charge in [-0.15, -0.1) is 5.10 Å². The fourth-order valence-electron chi connectivity index (χ4n) is 4.83. The molecule has 0 aliphatic carbocycles. The van der Waals surface area contributed by atoms with Crippen LogP contribution in [0.2, 0.25) is 0 Å². The monoisotopic (exact) mass is 571 g/mol. The van der Waals surface area contributed by atoms with Crippen molar-refractivity contribution in [2.75, 3.05) is 37.4 Å². The first-order valence-electron chi connectivity index (χ1n) is 13.2. The Labute approximate surface area is 239 Å². The molecule has 2 aromatic carbocycles. The molecule has 214 valence electrons. The SMILES string of the molecule is C[C@H]1CN(c2cc3c(Nc4cc(F)c(Oc5ccc6c(c5)nnn6C)cc4F)ncnc3cn2)C(=O)/C1=C/CN(C)C. The molecular weight excluding hydrogens is 544 g/mol. The number of anilines is 3. The standard InChI is InChI=1S/C29H27F2N9O2/c1-16-14-40(29(41)18(16)7-8-38(2)3)27-10-19-24(13-32-27)33-15-34-28(19)35-22-11-21(31)26(12-20(22)30)42-17-5-6-25-23(9-17)36-37-39(25)4/h5-7,9-13,15-16H,8,14H2,1-4H3,(H,33,34,35)/b18-7+/t16-/m0/s1. The molecule has 1 fully saturated rings. The molecule has 4 heterocycles. The zero-order valence-corrected chi connectivity index (χ0v) is 23.3. The van der Waals surface area contributed by atoms with Gasteiger partial charge in [0.25, 0.3) is 5.91 Å². The lowest BCUT2D eigenvalue weighted by Gasteiger charge is -2.16. The number of benzene rings is 2. The number of amides is 1. The lowest BCUT2D eigenvalue weighted by molar-refractivity contribution is -0.114. The smallest absolute Gasteiger partial charge is 0.255 e. The second-order valence-corrected chi connectivity index (χ2v) is 10.4. The number of carbonyl (C=O) groups is 1. The molecule has 0 bridgehead atoms. The number of aryl methyl sites for hydroxylation is 1. The third-order valence-corrected chi connectivity index (χ3v) is 7.02. The molecule has 1 amide bonds. The van der Waals surface area contributed by atoms with Crippen molar-refractivity contribution in [1.82, 2.24) is 34.8 Å². The van der Waals surface area contributed by atoms with Gasteiger partial charge in [0, 0.05) is 55.2 Å². The molecule has 1 N–H and O–H groups in total. The highest BCUT2D eigenvalue weighted by atomic mass is 19.1. The predicted octanol–water partition coefficient (Wildman–Crippen LogP) is 4.59. The van der Waals surface area contributed by atoms with Crippen molar-refractivity contribution >= 4 is 45.2 Å². The summed E-state index contributed by atoms with van der Waals surface area (Å²) in [6.07, 6.45) is 4.76. The number of fused-ring (bicyclic) bond motifs is 2. The van der Waals surface area contributed by atoms with Gasteiger partial charge in [0.15, 0.2) is 17.4 Å². The van der Waals surface area contributed by atoms with Crippen molar-refractivity contribution in [3.05, 3.63) is 72.2 Å². The first-order valence-corrected chi connectivity index (χ1v) is 13.2. The van der Waals surface area contributed by atoms with Crippen LogP contribution in [0.1, 0.15) is 6.92 Å². The normalized spacial score (nSPS) is 16.4. The average Bonchev–Trinajstić information content (AvgIpc) is 3.47. The van der Waals surface area contributed by atoms with Crippen molar-refractivity contribution < 1.29 is 18.3 Å². The van der Waals surface area contributed by atoms with Gasteiger partial charge >= 0.3 is 0 Å². The van der Waals surface area contributed by atoms with E-state index in [1.807, 2.05) is 32.0 Å². The zero-order valence-electron chi connectivity index (χ0n) is 23.3. The van der Waals surface area contributed by atoms with Crippen LogP contribution in [-0.4, -0.2) is 67.9 Å². The van der Waals surface area contributed by atoms with Gasteiger partial charge in [0.2, 0.25) is 0 Å². The second-order valence-electron chi connectivity index (χ2n) is 10.4. The van der Waals surface area contributed by atoms with Gasteiger partial charge in [0.1, 0.15) is 29.2 Å². The van der Waals surface area contributed by atoms with Gasteiger partial charge in [0.05, 0.1) is 22.9 Å². The van der Waals surface area contributed by atoms with E-state index in [2.05, 4.69) is 30.6 Å². The second kappa shape index (κ2) is 10.7. The minimum Gasteiger partial charge on any atom is -0.454 e. The Morgan fingerprint density at radius 2 is 1.93 bits per heavy atom. The molecule has 0 saturated carbocycles. The van der Waals surface area contributed by atoms with E-state index in [9.17, 15) is 4.79 Å². The summed E-state index contributed by atoms with van der Waals surface area (Å²) >= 11 is 0. The summed E-state index contributed by atoms with van der Waals surface area (Å²) in [6, 6.07) is 8.58. The van der Waals surface area contributed by atoms with Crippen LogP contribution in [0.3, 0.4) is 0 Å². The Morgan fingerprint density at radius 3 is 2.74 bits per heavy atom. The number of pyridine rings is 1. The number of likely N-dealkylation sites (N-methyl/N-ethyl adjacent to an activating group) is 1. The van der Waals surface area contributed by atoms with Crippen LogP contribution >= 0.6 is 0 Å². The van der Waals surface area contributed by atoms with Gasteiger partial charge in [-0.3, -0.25) is 9.69 Å². The third-order valence-electron chi connectivity index (χ3n) is 7.02. The highest BCUT2D eigenvalue weighted by Gasteiger charge is 2.34. The number of carbonyl (C=O) groups excluding carboxylic acids is 1. The molecule has 42 heavy (non-hydrogen) atoms. The largest absolute Gasteiger partial charge is 0.454 e. The molecule has 11 nitrogen and oxygen atoms in total. The molecule has 1 aliphatic heterocycles. The van der Waals surface area contributed by atoms with Gasteiger partial charge in [-0.25, -0.2) is 28.4 Å². The minimum absolute atomic E-state index is 0.0277. The lowest BCUT2D eigenvalue weighted by Crippen LogP contribution is -2.26. The third kappa shape index (κ3) is 5.09. The Bertz CT molecular complexity index is 1870. The Balaban J connectivity index is 1.27. The van der Waals surface area contributed by atoms with Crippen molar-refractivity contribution in [1.29, 1.82) is 0 Å². The number of halogens is 2. The van der Waals surface area contributed by atoms with Crippen LogP contribution in [0.4, 0.5) is 26.1 Å². The number of hydrogen-bond acceptors (Lipinski definition) is 9. The highest BCUT2D eigenvalue weighted by molar-refractivity contribution is 6.09. The fraction of sp³-hybridized carbons (Fsp3) is 0.241. The number of ether oxygens (including phenoxy) is 1. The molecule has 1 atom stereocenters. The number of rotatable bonds is 7. The molecule has 5 aromatic rings. The Kier molecular flexibility index (Phi) is 6.94. The lowest BCUT2D eigenvalue weighted by atomic mass is 10.0. The summed E-state index contributed by atoms with van der Waals surface area (Å²) < 4.78 is 37.5. The Hall–Kier alpha value is -5.04. The van der Waals surface area contributed by atoms with Crippen molar-refractivity contribution in [2.24, 2.45) is 13.0 Å². The van der Waals surface area contributed by atoms with Crippen molar-refractivity contribution in [2.45, 2.75) is 6.92 Å². The van der Waals surface area contributed by atoms with Crippen LogP contribution in [-0.2, 0) is 11.8 Å². The maximum absolute atomic E-state index is 15.2. The van der Waals surface area contributed by atoms with E-state index in [4.69, 9.17) is 4.74 Å². The van der Waals surface area contributed by atoms with Gasteiger partial charge in [-0.1, -0.05) is 18.2 Å². The molecule has 1 aliphatic rings. The molecule has 13 heteroatoms.